The number of fused-ring (bicyclic) bond motifs is 1. The van der Waals surface area contributed by atoms with Gasteiger partial charge >= 0.3 is 0 Å². The maximum Gasteiger partial charge on any atom is 0.227 e. The highest BCUT2D eigenvalue weighted by atomic mass is 79.9. The number of hydrogen-bond donors (Lipinski definition) is 1. The number of nitrogens with one attached hydrogen (secondary N) is 1. The van der Waals surface area contributed by atoms with Crippen LogP contribution in [0, 0.1) is 5.92 Å². The molecule has 17 heavy (non-hydrogen) atoms. The monoisotopic (exact) mass is 295 g/mol. The van der Waals surface area contributed by atoms with Crippen LogP contribution in [0.25, 0.3) is 0 Å². The second-order valence-corrected chi connectivity index (χ2v) is 6.14. The van der Waals surface area contributed by atoms with Crippen molar-refractivity contribution in [2.45, 2.75) is 31.0 Å². The molecule has 0 spiro atoms. The molecular formula is C14H18BrNO. The van der Waals surface area contributed by atoms with E-state index in [1.807, 2.05) is 12.1 Å². The quantitative estimate of drug-likeness (QED) is 0.851. The number of amides is 1. The lowest BCUT2D eigenvalue weighted by molar-refractivity contribution is -0.123. The van der Waals surface area contributed by atoms with Gasteiger partial charge in [0.25, 0.3) is 0 Å². The van der Waals surface area contributed by atoms with E-state index in [4.69, 9.17) is 0 Å². The van der Waals surface area contributed by atoms with Crippen LogP contribution in [0.15, 0.2) is 24.3 Å². The second-order valence-electron chi connectivity index (χ2n) is 4.96. The van der Waals surface area contributed by atoms with Gasteiger partial charge in [0.05, 0.1) is 5.92 Å². The first-order valence-corrected chi connectivity index (χ1v) is 7.00. The molecule has 1 aromatic carbocycles. The highest BCUT2D eigenvalue weighted by molar-refractivity contribution is 9.09. The topological polar surface area (TPSA) is 29.1 Å². The first-order valence-electron chi connectivity index (χ1n) is 6.09. The van der Waals surface area contributed by atoms with Gasteiger partial charge in [0.1, 0.15) is 0 Å². The Hall–Kier alpha value is -0.830. The molecule has 1 aliphatic carbocycles. The van der Waals surface area contributed by atoms with Gasteiger partial charge in [-0.25, -0.2) is 0 Å². The lowest BCUT2D eigenvalue weighted by atomic mass is 9.77. The van der Waals surface area contributed by atoms with Gasteiger partial charge in [0.2, 0.25) is 5.91 Å². The van der Waals surface area contributed by atoms with Crippen molar-refractivity contribution in [2.24, 2.45) is 5.92 Å². The van der Waals surface area contributed by atoms with Gasteiger partial charge in [0, 0.05) is 11.4 Å². The summed E-state index contributed by atoms with van der Waals surface area (Å²) in [5.74, 6) is 0.760. The predicted molar refractivity (Wildman–Crippen MR) is 73.4 cm³/mol. The Labute approximate surface area is 111 Å². The molecular weight excluding hydrogens is 278 g/mol. The largest absolute Gasteiger partial charge is 0.354 e. The molecule has 92 valence electrons. The Morgan fingerprint density at radius 2 is 2.18 bits per heavy atom. The van der Waals surface area contributed by atoms with E-state index in [0.717, 1.165) is 6.42 Å². The molecule has 2 rings (SSSR count). The molecule has 2 nitrogen and oxygen atoms in total. The zero-order chi connectivity index (χ0) is 12.4. The summed E-state index contributed by atoms with van der Waals surface area (Å²) in [6.07, 6.45) is 0.886. The third-order valence-electron chi connectivity index (χ3n) is 3.37. The van der Waals surface area contributed by atoms with Crippen molar-refractivity contribution in [3.05, 3.63) is 35.4 Å². The van der Waals surface area contributed by atoms with Crippen molar-refractivity contribution in [3.8, 4) is 0 Å². The summed E-state index contributed by atoms with van der Waals surface area (Å²) >= 11 is 3.58. The Morgan fingerprint density at radius 1 is 1.47 bits per heavy atom. The number of alkyl halides is 1. The minimum Gasteiger partial charge on any atom is -0.354 e. The summed E-state index contributed by atoms with van der Waals surface area (Å²) in [7, 11) is 0. The number of halogens is 1. The van der Waals surface area contributed by atoms with Gasteiger partial charge in [-0.2, -0.15) is 0 Å². The summed E-state index contributed by atoms with van der Waals surface area (Å²) in [5.41, 5.74) is 2.51. The molecule has 1 N–H and O–H groups in total. The Morgan fingerprint density at radius 3 is 2.82 bits per heavy atom. The average Bonchev–Trinajstić information content (AvgIpc) is 2.27. The fourth-order valence-electron chi connectivity index (χ4n) is 2.05. The number of carbonyl (C=O) groups excluding carboxylic acids is 1. The van der Waals surface area contributed by atoms with Gasteiger partial charge in [-0.1, -0.05) is 54.0 Å². The van der Waals surface area contributed by atoms with Gasteiger partial charge < -0.3 is 5.32 Å². The third kappa shape index (κ3) is 2.71. The van der Waals surface area contributed by atoms with Crippen LogP contribution in [0.5, 0.6) is 0 Å². The first-order chi connectivity index (χ1) is 8.09. The Balaban J connectivity index is 1.88. The van der Waals surface area contributed by atoms with E-state index in [9.17, 15) is 4.79 Å². The van der Waals surface area contributed by atoms with Crippen LogP contribution >= 0.6 is 15.9 Å². The molecule has 1 aromatic rings. The number of carbonyl (C=O) groups is 1. The minimum atomic E-state index is 0.0677. The van der Waals surface area contributed by atoms with Crippen molar-refractivity contribution in [2.75, 3.05) is 6.54 Å². The van der Waals surface area contributed by atoms with Gasteiger partial charge in [0.15, 0.2) is 0 Å². The summed E-state index contributed by atoms with van der Waals surface area (Å²) in [6, 6.07) is 8.18. The number of rotatable bonds is 4. The second kappa shape index (κ2) is 5.21. The molecule has 0 aromatic heterocycles. The standard InChI is InChI=1S/C14H18BrNO/c1-9(2)13(15)8-16-14(17)12-7-10-5-3-4-6-11(10)12/h3-6,9,12-13H,7-8H2,1-2H3,(H,16,17). The molecule has 1 aliphatic rings. The average molecular weight is 296 g/mol. The molecule has 0 aliphatic heterocycles. The molecule has 0 saturated heterocycles. The molecule has 0 bridgehead atoms. The van der Waals surface area contributed by atoms with E-state index in [1.54, 1.807) is 0 Å². The Bertz CT molecular complexity index is 416. The van der Waals surface area contributed by atoms with Gasteiger partial charge in [-0.15, -0.1) is 0 Å². The molecule has 0 radical (unpaired) electrons. The fourth-order valence-corrected chi connectivity index (χ4v) is 2.21. The van der Waals surface area contributed by atoms with Crippen molar-refractivity contribution in [3.63, 3.8) is 0 Å². The van der Waals surface area contributed by atoms with Crippen LogP contribution < -0.4 is 5.32 Å². The number of benzene rings is 1. The van der Waals surface area contributed by atoms with Crippen LogP contribution in [0.3, 0.4) is 0 Å². The predicted octanol–water partition coefficient (Wildman–Crippen LogP) is 2.86. The summed E-state index contributed by atoms with van der Waals surface area (Å²) in [6.45, 7) is 4.99. The zero-order valence-electron chi connectivity index (χ0n) is 10.2. The summed E-state index contributed by atoms with van der Waals surface area (Å²) in [5, 5.41) is 3.02. The highest BCUT2D eigenvalue weighted by Crippen LogP contribution is 2.34. The van der Waals surface area contributed by atoms with Crippen molar-refractivity contribution in [1.29, 1.82) is 0 Å². The van der Waals surface area contributed by atoms with Gasteiger partial charge in [-0.05, 0) is 23.5 Å². The van der Waals surface area contributed by atoms with E-state index < -0.39 is 0 Å². The van der Waals surface area contributed by atoms with Crippen molar-refractivity contribution < 1.29 is 4.79 Å². The van der Waals surface area contributed by atoms with E-state index in [1.165, 1.54) is 11.1 Å². The van der Waals surface area contributed by atoms with E-state index in [2.05, 4.69) is 47.2 Å². The van der Waals surface area contributed by atoms with Gasteiger partial charge in [-0.3, -0.25) is 4.79 Å². The summed E-state index contributed by atoms with van der Waals surface area (Å²) in [4.78, 5) is 12.3. The van der Waals surface area contributed by atoms with Crippen LogP contribution in [0.4, 0.5) is 0 Å². The maximum absolute atomic E-state index is 12.0. The first kappa shape index (κ1) is 12.6. The SMILES string of the molecule is CC(C)C(Br)CNC(=O)C1Cc2ccccc21. The summed E-state index contributed by atoms with van der Waals surface area (Å²) < 4.78 is 0. The normalized spacial score (nSPS) is 19.4. The van der Waals surface area contributed by atoms with E-state index in [-0.39, 0.29) is 11.8 Å². The Kier molecular flexibility index (Phi) is 3.87. The van der Waals surface area contributed by atoms with Crippen LogP contribution in [-0.4, -0.2) is 17.3 Å². The van der Waals surface area contributed by atoms with Crippen molar-refractivity contribution >= 4 is 21.8 Å². The fraction of sp³-hybridized carbons (Fsp3) is 0.500. The molecule has 2 unspecified atom stereocenters. The molecule has 1 amide bonds. The molecule has 2 atom stereocenters. The smallest absolute Gasteiger partial charge is 0.227 e. The lowest BCUT2D eigenvalue weighted by Crippen LogP contribution is -2.39. The maximum atomic E-state index is 12.0. The number of hydrogen-bond acceptors (Lipinski definition) is 1. The van der Waals surface area contributed by atoms with E-state index in [0.29, 0.717) is 17.3 Å². The molecule has 0 fully saturated rings. The third-order valence-corrected chi connectivity index (χ3v) is 4.75. The van der Waals surface area contributed by atoms with Crippen molar-refractivity contribution in [1.82, 2.24) is 5.32 Å². The van der Waals surface area contributed by atoms with Crippen LogP contribution in [0.2, 0.25) is 0 Å². The molecule has 3 heteroatoms. The highest BCUT2D eigenvalue weighted by Gasteiger charge is 2.31. The van der Waals surface area contributed by atoms with Crippen LogP contribution in [-0.2, 0) is 11.2 Å². The zero-order valence-corrected chi connectivity index (χ0v) is 11.8. The molecule has 0 heterocycles. The minimum absolute atomic E-state index is 0.0677. The van der Waals surface area contributed by atoms with Crippen LogP contribution in [0.1, 0.15) is 30.9 Å². The van der Waals surface area contributed by atoms with E-state index >= 15 is 0 Å². The lowest BCUT2D eigenvalue weighted by Gasteiger charge is -2.29. The molecule has 0 saturated carbocycles.